The molecule has 0 aromatic heterocycles. The molecule has 25 heavy (non-hydrogen) atoms. The Morgan fingerprint density at radius 1 is 1.32 bits per heavy atom. The molecule has 1 aromatic rings. The first-order valence-corrected chi connectivity index (χ1v) is 8.17. The van der Waals surface area contributed by atoms with Crippen molar-refractivity contribution < 1.29 is 22.8 Å². The lowest BCUT2D eigenvalue weighted by molar-refractivity contribution is -0.152. The van der Waals surface area contributed by atoms with Crippen LogP contribution in [-0.4, -0.2) is 42.0 Å². The van der Waals surface area contributed by atoms with Crippen LogP contribution in [0.15, 0.2) is 43.0 Å². The van der Waals surface area contributed by atoms with Gasteiger partial charge >= 0.3 is 6.18 Å². The molecule has 0 radical (unpaired) electrons. The fourth-order valence-electron chi connectivity index (χ4n) is 3.08. The molecule has 0 spiro atoms. The Labute approximate surface area is 144 Å². The fourth-order valence-corrected chi connectivity index (χ4v) is 3.08. The molecule has 136 valence electrons. The molecule has 1 fully saturated rings. The third-order valence-electron chi connectivity index (χ3n) is 4.34. The predicted molar refractivity (Wildman–Crippen MR) is 87.8 cm³/mol. The van der Waals surface area contributed by atoms with Gasteiger partial charge in [0.05, 0.1) is 5.92 Å². The summed E-state index contributed by atoms with van der Waals surface area (Å²) in [5.74, 6) is -2.39. The predicted octanol–water partition coefficient (Wildman–Crippen LogP) is 3.02. The zero-order chi connectivity index (χ0) is 18.4. The van der Waals surface area contributed by atoms with E-state index in [1.165, 1.54) is 17.0 Å². The Hall–Kier alpha value is -2.31. The summed E-state index contributed by atoms with van der Waals surface area (Å²) in [6.07, 6.45) is -2.30. The monoisotopic (exact) mass is 354 g/mol. The van der Waals surface area contributed by atoms with Crippen molar-refractivity contribution >= 4 is 11.8 Å². The van der Waals surface area contributed by atoms with Gasteiger partial charge in [0.1, 0.15) is 6.04 Å². The maximum Gasteiger partial charge on any atom is 0.395 e. The summed E-state index contributed by atoms with van der Waals surface area (Å²) in [6.45, 7) is 3.75. The molecule has 1 N–H and O–H groups in total. The van der Waals surface area contributed by atoms with Crippen molar-refractivity contribution in [3.05, 3.63) is 48.6 Å². The van der Waals surface area contributed by atoms with E-state index < -0.39 is 24.0 Å². The summed E-state index contributed by atoms with van der Waals surface area (Å²) in [6, 6.07) is 7.01. The summed E-state index contributed by atoms with van der Waals surface area (Å²) >= 11 is 0. The molecule has 2 rings (SSSR count). The molecule has 1 aliphatic heterocycles. The normalized spacial score (nSPS) is 18.7. The third kappa shape index (κ3) is 4.84. The molecule has 0 saturated carbocycles. The molecule has 1 aromatic carbocycles. The van der Waals surface area contributed by atoms with E-state index in [1.807, 2.05) is 0 Å². The summed E-state index contributed by atoms with van der Waals surface area (Å²) in [5.41, 5.74) is 0.175. The van der Waals surface area contributed by atoms with Gasteiger partial charge in [-0.1, -0.05) is 36.9 Å². The van der Waals surface area contributed by atoms with Crippen molar-refractivity contribution in [1.29, 1.82) is 0 Å². The van der Waals surface area contributed by atoms with Gasteiger partial charge < -0.3 is 10.2 Å². The SMILES string of the molecule is C=CC(=O)N1CCCC1C(=O)NCCC(c1ccccc1)C(F)(F)F. The minimum Gasteiger partial charge on any atom is -0.354 e. The van der Waals surface area contributed by atoms with Crippen LogP contribution in [0.4, 0.5) is 13.2 Å². The van der Waals surface area contributed by atoms with Crippen LogP contribution in [0.2, 0.25) is 0 Å². The van der Waals surface area contributed by atoms with Gasteiger partial charge in [0.2, 0.25) is 11.8 Å². The molecule has 1 heterocycles. The number of alkyl halides is 3. The third-order valence-corrected chi connectivity index (χ3v) is 4.34. The summed E-state index contributed by atoms with van der Waals surface area (Å²) in [5, 5.41) is 2.54. The Morgan fingerprint density at radius 2 is 2.00 bits per heavy atom. The molecule has 1 aliphatic rings. The van der Waals surface area contributed by atoms with Crippen LogP contribution in [0.1, 0.15) is 30.7 Å². The first-order chi connectivity index (χ1) is 11.8. The first-order valence-electron chi connectivity index (χ1n) is 8.17. The molecular formula is C18H21F3N2O2. The van der Waals surface area contributed by atoms with Gasteiger partial charge in [0, 0.05) is 13.1 Å². The topological polar surface area (TPSA) is 49.4 Å². The maximum absolute atomic E-state index is 13.3. The molecule has 4 nitrogen and oxygen atoms in total. The average molecular weight is 354 g/mol. The number of nitrogens with one attached hydrogen (secondary N) is 1. The minimum absolute atomic E-state index is 0.107. The van der Waals surface area contributed by atoms with Crippen molar-refractivity contribution in [2.75, 3.05) is 13.1 Å². The van der Waals surface area contributed by atoms with E-state index in [-0.39, 0.29) is 24.4 Å². The summed E-state index contributed by atoms with van der Waals surface area (Å²) in [7, 11) is 0. The van der Waals surface area contributed by atoms with E-state index in [2.05, 4.69) is 11.9 Å². The second-order valence-electron chi connectivity index (χ2n) is 5.98. The van der Waals surface area contributed by atoms with Crippen molar-refractivity contribution in [2.45, 2.75) is 37.4 Å². The molecule has 2 unspecified atom stereocenters. The Kier molecular flexibility index (Phi) is 6.22. The molecule has 0 aliphatic carbocycles. The second kappa shape index (κ2) is 8.18. The van der Waals surface area contributed by atoms with Crippen LogP contribution >= 0.6 is 0 Å². The standard InChI is InChI=1S/C18H21F3N2O2/c1-2-16(24)23-12-6-9-15(23)17(25)22-11-10-14(18(19,20)21)13-7-4-3-5-8-13/h2-5,7-8,14-15H,1,6,9-12H2,(H,22,25). The van der Waals surface area contributed by atoms with Crippen molar-refractivity contribution in [2.24, 2.45) is 0 Å². The second-order valence-corrected chi connectivity index (χ2v) is 5.98. The molecular weight excluding hydrogens is 333 g/mol. The number of benzene rings is 1. The Balaban J connectivity index is 1.94. The van der Waals surface area contributed by atoms with Gasteiger partial charge in [-0.2, -0.15) is 13.2 Å². The zero-order valence-corrected chi connectivity index (χ0v) is 13.8. The van der Waals surface area contributed by atoms with Crippen LogP contribution in [0.5, 0.6) is 0 Å². The van der Waals surface area contributed by atoms with Gasteiger partial charge in [0.25, 0.3) is 0 Å². The highest BCUT2D eigenvalue weighted by molar-refractivity contribution is 5.93. The number of nitrogens with zero attached hydrogens (tertiary/aromatic N) is 1. The van der Waals surface area contributed by atoms with Gasteiger partial charge in [-0.05, 0) is 30.9 Å². The lowest BCUT2D eigenvalue weighted by Crippen LogP contribution is -2.46. The van der Waals surface area contributed by atoms with Crippen LogP contribution in [-0.2, 0) is 9.59 Å². The van der Waals surface area contributed by atoms with Gasteiger partial charge in [-0.3, -0.25) is 9.59 Å². The summed E-state index contributed by atoms with van der Waals surface area (Å²) < 4.78 is 39.8. The zero-order valence-electron chi connectivity index (χ0n) is 13.8. The average Bonchev–Trinajstić information content (AvgIpc) is 3.07. The fraction of sp³-hybridized carbons (Fsp3) is 0.444. The van der Waals surface area contributed by atoms with Crippen LogP contribution < -0.4 is 5.32 Å². The molecule has 0 bridgehead atoms. The van der Waals surface area contributed by atoms with Crippen LogP contribution in [0.25, 0.3) is 0 Å². The van der Waals surface area contributed by atoms with E-state index in [1.54, 1.807) is 18.2 Å². The van der Waals surface area contributed by atoms with Gasteiger partial charge in [0.15, 0.2) is 0 Å². The molecule has 2 atom stereocenters. The molecule has 7 heteroatoms. The number of hydrogen-bond acceptors (Lipinski definition) is 2. The van der Waals surface area contributed by atoms with Crippen molar-refractivity contribution in [3.63, 3.8) is 0 Å². The van der Waals surface area contributed by atoms with E-state index in [9.17, 15) is 22.8 Å². The lowest BCUT2D eigenvalue weighted by Gasteiger charge is -2.24. The van der Waals surface area contributed by atoms with Gasteiger partial charge in [-0.25, -0.2) is 0 Å². The number of halogens is 3. The highest BCUT2D eigenvalue weighted by Gasteiger charge is 2.40. The van der Waals surface area contributed by atoms with Gasteiger partial charge in [-0.15, -0.1) is 0 Å². The van der Waals surface area contributed by atoms with E-state index in [0.717, 1.165) is 6.08 Å². The highest BCUT2D eigenvalue weighted by Crippen LogP contribution is 2.37. The smallest absolute Gasteiger partial charge is 0.354 e. The molecule has 2 amide bonds. The number of likely N-dealkylation sites (tertiary alicyclic amines) is 1. The largest absolute Gasteiger partial charge is 0.395 e. The Bertz CT molecular complexity index is 616. The van der Waals surface area contributed by atoms with E-state index >= 15 is 0 Å². The Morgan fingerprint density at radius 3 is 2.60 bits per heavy atom. The first kappa shape index (κ1) is 19.0. The lowest BCUT2D eigenvalue weighted by atomic mass is 9.95. The highest BCUT2D eigenvalue weighted by atomic mass is 19.4. The number of carbonyl (C=O) groups excluding carboxylic acids is 2. The minimum atomic E-state index is -4.38. The van der Waals surface area contributed by atoms with Crippen LogP contribution in [0.3, 0.4) is 0 Å². The van der Waals surface area contributed by atoms with Crippen molar-refractivity contribution in [3.8, 4) is 0 Å². The number of hydrogen-bond donors (Lipinski definition) is 1. The van der Waals surface area contributed by atoms with E-state index in [4.69, 9.17) is 0 Å². The van der Waals surface area contributed by atoms with Crippen molar-refractivity contribution in [1.82, 2.24) is 10.2 Å². The molecule has 1 saturated heterocycles. The summed E-state index contributed by atoms with van der Waals surface area (Å²) in [4.78, 5) is 25.3. The number of amides is 2. The quantitative estimate of drug-likeness (QED) is 0.799. The maximum atomic E-state index is 13.3. The number of carbonyl (C=O) groups is 2. The number of rotatable bonds is 6. The van der Waals surface area contributed by atoms with E-state index in [0.29, 0.717) is 19.4 Å². The van der Waals surface area contributed by atoms with Crippen LogP contribution in [0, 0.1) is 0 Å².